The summed E-state index contributed by atoms with van der Waals surface area (Å²) in [6, 6.07) is 28.9. The highest BCUT2D eigenvalue weighted by molar-refractivity contribution is 8.00. The number of aromatic nitrogens is 2. The first kappa shape index (κ1) is 32.8. The maximum absolute atomic E-state index is 13.7. The number of aryl methyl sites for hydroxylation is 1. The van der Waals surface area contributed by atoms with Crippen molar-refractivity contribution in [3.8, 4) is 17.2 Å². The Morgan fingerprint density at radius 1 is 0.896 bits per heavy atom. The van der Waals surface area contributed by atoms with Crippen molar-refractivity contribution in [2.75, 3.05) is 18.6 Å². The van der Waals surface area contributed by atoms with Crippen LogP contribution in [0.2, 0.25) is 0 Å². The van der Waals surface area contributed by atoms with Crippen molar-refractivity contribution < 1.29 is 28.9 Å². The summed E-state index contributed by atoms with van der Waals surface area (Å²) in [4.78, 5) is 28.8. The number of carbonyl (C=O) groups is 2. The summed E-state index contributed by atoms with van der Waals surface area (Å²) >= 11 is 2.69. The Hall–Kier alpha value is -5.13. The Labute approximate surface area is 286 Å². The lowest BCUT2D eigenvalue weighted by molar-refractivity contribution is -0.132. The van der Waals surface area contributed by atoms with Gasteiger partial charge >= 0.3 is 5.91 Å². The number of hydrogen-bond donors (Lipinski definition) is 1. The van der Waals surface area contributed by atoms with E-state index in [2.05, 4.69) is 16.3 Å². The zero-order valence-corrected chi connectivity index (χ0v) is 28.2. The van der Waals surface area contributed by atoms with E-state index in [-0.39, 0.29) is 16.5 Å². The maximum atomic E-state index is 13.7. The minimum absolute atomic E-state index is 0.0756. The van der Waals surface area contributed by atoms with E-state index < -0.39 is 17.7 Å². The number of anilines is 1. The molecule has 1 N–H and O–H groups in total. The van der Waals surface area contributed by atoms with Gasteiger partial charge in [-0.15, -0.1) is 10.2 Å². The Bertz CT molecular complexity index is 1960. The van der Waals surface area contributed by atoms with E-state index >= 15 is 0 Å². The third kappa shape index (κ3) is 7.07. The fourth-order valence-electron chi connectivity index (χ4n) is 5.38. The number of amides is 1. The minimum atomic E-state index is -1.01. The molecule has 0 bridgehead atoms. The van der Waals surface area contributed by atoms with Gasteiger partial charge in [0.2, 0.25) is 5.13 Å². The van der Waals surface area contributed by atoms with Crippen LogP contribution in [-0.4, -0.2) is 40.7 Å². The molecule has 11 heteroatoms. The van der Waals surface area contributed by atoms with Crippen molar-refractivity contribution >= 4 is 45.7 Å². The van der Waals surface area contributed by atoms with E-state index in [1.54, 1.807) is 42.5 Å². The van der Waals surface area contributed by atoms with Crippen LogP contribution < -0.4 is 19.1 Å². The van der Waals surface area contributed by atoms with Gasteiger partial charge in [0, 0.05) is 11.3 Å². The zero-order chi connectivity index (χ0) is 33.6. The van der Waals surface area contributed by atoms with Crippen LogP contribution in [0.4, 0.5) is 5.13 Å². The largest absolute Gasteiger partial charge is 0.507 e. The number of carbonyl (C=O) groups excluding carboxylic acids is 2. The summed E-state index contributed by atoms with van der Waals surface area (Å²) in [7, 11) is 1.52. The van der Waals surface area contributed by atoms with Gasteiger partial charge in [0.05, 0.1) is 25.3 Å². The van der Waals surface area contributed by atoms with Crippen LogP contribution in [0.3, 0.4) is 0 Å². The van der Waals surface area contributed by atoms with E-state index in [0.29, 0.717) is 51.7 Å². The summed E-state index contributed by atoms with van der Waals surface area (Å²) in [5.41, 5.74) is 4.11. The molecule has 5 aromatic rings. The van der Waals surface area contributed by atoms with Gasteiger partial charge in [0.1, 0.15) is 18.1 Å². The van der Waals surface area contributed by atoms with E-state index in [4.69, 9.17) is 14.2 Å². The highest BCUT2D eigenvalue weighted by Crippen LogP contribution is 2.45. The second kappa shape index (κ2) is 14.7. The Morgan fingerprint density at radius 2 is 1.67 bits per heavy atom. The van der Waals surface area contributed by atoms with Crippen LogP contribution in [0, 0.1) is 6.92 Å². The highest BCUT2D eigenvalue weighted by atomic mass is 32.2. The molecule has 1 fully saturated rings. The highest BCUT2D eigenvalue weighted by Gasteiger charge is 2.48. The van der Waals surface area contributed by atoms with Crippen molar-refractivity contribution in [1.29, 1.82) is 0 Å². The Kier molecular flexibility index (Phi) is 10.1. The molecule has 9 nitrogen and oxygen atoms in total. The van der Waals surface area contributed by atoms with E-state index in [1.807, 2.05) is 62.4 Å². The number of ether oxygens (including phenoxy) is 3. The topological polar surface area (TPSA) is 111 Å². The molecule has 0 spiro atoms. The number of aliphatic hydroxyl groups excluding tert-OH is 1. The molecule has 1 unspecified atom stereocenters. The Morgan fingerprint density at radius 3 is 2.40 bits per heavy atom. The lowest BCUT2D eigenvalue weighted by Gasteiger charge is -2.23. The normalized spacial score (nSPS) is 15.5. The molecule has 1 atom stereocenters. The fourth-order valence-corrected chi connectivity index (χ4v) is 7.21. The second-order valence-electron chi connectivity index (χ2n) is 10.9. The standard InChI is InChI=1S/C37H33N3O6S2/c1-4-45-29-18-15-27(20-30(29)44-3)32-31(33(41)26-13-16-28(17-14-26)46-21-25-12-8-9-23(2)19-25)34(42)35(43)40(32)36-38-39-37(48-36)47-22-24-10-6-5-7-11-24/h5-20,32,41H,4,21-22H2,1-3H3/b33-31+. The molecule has 2 heterocycles. The summed E-state index contributed by atoms with van der Waals surface area (Å²) in [5, 5.41) is 20.5. The minimum Gasteiger partial charge on any atom is -0.507 e. The van der Waals surface area contributed by atoms with Crippen molar-refractivity contribution in [1.82, 2.24) is 10.2 Å². The van der Waals surface area contributed by atoms with Gasteiger partial charge < -0.3 is 19.3 Å². The number of hydrogen-bond acceptors (Lipinski definition) is 10. The number of thioether (sulfide) groups is 1. The molecule has 48 heavy (non-hydrogen) atoms. The third-order valence-corrected chi connectivity index (χ3v) is 9.80. The average molecular weight is 680 g/mol. The Balaban J connectivity index is 1.34. The predicted molar refractivity (Wildman–Crippen MR) is 187 cm³/mol. The van der Waals surface area contributed by atoms with Crippen LogP contribution in [0.15, 0.2) is 107 Å². The average Bonchev–Trinajstić information content (AvgIpc) is 3.68. The first-order chi connectivity index (χ1) is 23.4. The number of ketones is 1. The number of methoxy groups -OCH3 is 1. The molecule has 1 aliphatic rings. The molecule has 1 aliphatic heterocycles. The number of Topliss-reactive ketones (excluding diaryl/α,β-unsaturated/α-hetero) is 1. The molecule has 244 valence electrons. The van der Waals surface area contributed by atoms with Gasteiger partial charge in [-0.25, -0.2) is 0 Å². The smallest absolute Gasteiger partial charge is 0.301 e. The number of nitrogens with zero attached hydrogens (tertiary/aromatic N) is 3. The van der Waals surface area contributed by atoms with Gasteiger partial charge in [0.15, 0.2) is 15.8 Å². The zero-order valence-electron chi connectivity index (χ0n) is 26.6. The summed E-state index contributed by atoms with van der Waals surface area (Å²) in [6.45, 7) is 4.69. The molecular weight excluding hydrogens is 647 g/mol. The van der Waals surface area contributed by atoms with Crippen LogP contribution in [0.25, 0.3) is 5.76 Å². The van der Waals surface area contributed by atoms with Crippen LogP contribution in [-0.2, 0) is 21.9 Å². The van der Waals surface area contributed by atoms with Gasteiger partial charge in [-0.3, -0.25) is 14.5 Å². The second-order valence-corrected chi connectivity index (χ2v) is 13.1. The lowest BCUT2D eigenvalue weighted by Crippen LogP contribution is -2.29. The first-order valence-corrected chi connectivity index (χ1v) is 17.1. The van der Waals surface area contributed by atoms with Gasteiger partial charge in [-0.05, 0) is 66.9 Å². The van der Waals surface area contributed by atoms with Crippen LogP contribution in [0.5, 0.6) is 17.2 Å². The van der Waals surface area contributed by atoms with Gasteiger partial charge in [-0.1, -0.05) is 89.3 Å². The van der Waals surface area contributed by atoms with Gasteiger partial charge in [-0.2, -0.15) is 0 Å². The monoisotopic (exact) mass is 679 g/mol. The van der Waals surface area contributed by atoms with Crippen molar-refractivity contribution in [3.63, 3.8) is 0 Å². The SMILES string of the molecule is CCOc1ccc(C2/C(=C(\O)c3ccc(OCc4cccc(C)c4)cc3)C(=O)C(=O)N2c2nnc(SCc3ccccc3)s2)cc1OC. The molecule has 1 aromatic heterocycles. The molecule has 1 saturated heterocycles. The first-order valence-electron chi connectivity index (χ1n) is 15.3. The van der Waals surface area contributed by atoms with E-state index in [1.165, 1.54) is 35.1 Å². The van der Waals surface area contributed by atoms with Crippen molar-refractivity contribution in [2.45, 2.75) is 36.6 Å². The summed E-state index contributed by atoms with van der Waals surface area (Å²) < 4.78 is 17.9. The van der Waals surface area contributed by atoms with Crippen molar-refractivity contribution in [2.24, 2.45) is 0 Å². The van der Waals surface area contributed by atoms with Crippen LogP contribution in [0.1, 0.15) is 40.8 Å². The molecule has 0 aliphatic carbocycles. The number of aliphatic hydroxyl groups is 1. The quantitative estimate of drug-likeness (QED) is 0.0465. The van der Waals surface area contributed by atoms with Gasteiger partial charge in [0.25, 0.3) is 5.78 Å². The predicted octanol–water partition coefficient (Wildman–Crippen LogP) is 7.75. The fraction of sp³-hybridized carbons (Fsp3) is 0.189. The molecular formula is C37H33N3O6S2. The molecule has 1 amide bonds. The molecule has 0 saturated carbocycles. The van der Waals surface area contributed by atoms with E-state index in [9.17, 15) is 14.7 Å². The lowest BCUT2D eigenvalue weighted by atomic mass is 9.95. The van der Waals surface area contributed by atoms with Crippen molar-refractivity contribution in [3.05, 3.63) is 130 Å². The molecule has 0 radical (unpaired) electrons. The summed E-state index contributed by atoms with van der Waals surface area (Å²) in [5.74, 6) is 0.224. The number of benzene rings is 4. The molecule has 4 aromatic carbocycles. The van der Waals surface area contributed by atoms with E-state index in [0.717, 1.165) is 16.7 Å². The third-order valence-electron chi connectivity index (χ3n) is 7.67. The van der Waals surface area contributed by atoms with Crippen LogP contribution >= 0.6 is 23.1 Å². The maximum Gasteiger partial charge on any atom is 0.301 e. The molecule has 6 rings (SSSR count). The summed E-state index contributed by atoms with van der Waals surface area (Å²) in [6.07, 6.45) is 0. The number of rotatable bonds is 12.